The Balaban J connectivity index is 1.42. The van der Waals surface area contributed by atoms with Gasteiger partial charge in [0.25, 0.3) is 0 Å². The Morgan fingerprint density at radius 3 is 2.52 bits per heavy atom. The second kappa shape index (κ2) is 12.0. The molecule has 0 amide bonds. The molecule has 7 nitrogen and oxygen atoms in total. The summed E-state index contributed by atoms with van der Waals surface area (Å²) >= 11 is 0. The molecule has 29 heavy (non-hydrogen) atoms. The molecule has 3 heterocycles. The maximum absolute atomic E-state index is 4.67. The average molecular weight is 402 g/mol. The first-order valence-corrected chi connectivity index (χ1v) is 11.3. The number of aromatic nitrogens is 1. The van der Waals surface area contributed by atoms with Gasteiger partial charge in [0.1, 0.15) is 5.82 Å². The largest absolute Gasteiger partial charge is 0.356 e. The number of hydrogen-bond donors (Lipinski definition) is 2. The number of hydrogen-bond acceptors (Lipinski definition) is 5. The van der Waals surface area contributed by atoms with Crippen molar-refractivity contribution in [3.05, 3.63) is 23.9 Å². The fourth-order valence-corrected chi connectivity index (χ4v) is 4.14. The Labute approximate surface area is 176 Å². The Morgan fingerprint density at radius 1 is 1.03 bits per heavy atom. The lowest BCUT2D eigenvalue weighted by molar-refractivity contribution is 0.282. The molecule has 0 unspecified atom stereocenters. The molecule has 162 valence electrons. The van der Waals surface area contributed by atoms with Gasteiger partial charge in [0.05, 0.1) is 0 Å². The molecule has 2 N–H and O–H groups in total. The highest BCUT2D eigenvalue weighted by Gasteiger charge is 2.18. The molecule has 1 aromatic heterocycles. The van der Waals surface area contributed by atoms with Crippen LogP contribution in [0, 0.1) is 0 Å². The number of likely N-dealkylation sites (tertiary alicyclic amines) is 1. The summed E-state index contributed by atoms with van der Waals surface area (Å²) in [6, 6.07) is 4.19. The van der Waals surface area contributed by atoms with Gasteiger partial charge < -0.3 is 25.3 Å². The van der Waals surface area contributed by atoms with Crippen LogP contribution in [-0.2, 0) is 6.54 Å². The van der Waals surface area contributed by atoms with Crippen molar-refractivity contribution in [1.82, 2.24) is 25.4 Å². The Hall–Kier alpha value is -1.86. The number of aliphatic imine (C=N–C) groups is 1. The van der Waals surface area contributed by atoms with E-state index in [1.54, 1.807) is 0 Å². The summed E-state index contributed by atoms with van der Waals surface area (Å²) in [7, 11) is 4.02. The Bertz CT molecular complexity index is 617. The highest BCUT2D eigenvalue weighted by Crippen LogP contribution is 2.18. The Morgan fingerprint density at radius 2 is 1.79 bits per heavy atom. The molecule has 0 saturated carbocycles. The molecule has 0 aromatic carbocycles. The molecule has 0 spiro atoms. The number of rotatable bonds is 7. The zero-order valence-corrected chi connectivity index (χ0v) is 18.4. The SMILES string of the molecule is CN=C(NCCCN1CCCCCC1)NCc1cccnc1N1CCN(C)CC1. The minimum Gasteiger partial charge on any atom is -0.356 e. The van der Waals surface area contributed by atoms with Crippen LogP contribution in [0.15, 0.2) is 23.3 Å². The van der Waals surface area contributed by atoms with Crippen LogP contribution >= 0.6 is 0 Å². The topological polar surface area (TPSA) is 59.0 Å². The quantitative estimate of drug-likeness (QED) is 0.413. The molecule has 0 bridgehead atoms. The third-order valence-corrected chi connectivity index (χ3v) is 5.98. The van der Waals surface area contributed by atoms with Gasteiger partial charge in [0.15, 0.2) is 5.96 Å². The zero-order chi connectivity index (χ0) is 20.3. The standard InChI is InChI=1S/C22H39N7/c1-23-22(25-11-8-14-28-12-5-3-4-6-13-28)26-19-20-9-7-10-24-21(20)29-17-15-27(2)16-18-29/h7,9-10H,3-6,8,11-19H2,1-2H3,(H2,23,25,26). The summed E-state index contributed by atoms with van der Waals surface area (Å²) in [5.41, 5.74) is 1.23. The van der Waals surface area contributed by atoms with Crippen LogP contribution in [0.4, 0.5) is 5.82 Å². The number of likely N-dealkylation sites (N-methyl/N-ethyl adjacent to an activating group) is 1. The van der Waals surface area contributed by atoms with Crippen LogP contribution in [0.2, 0.25) is 0 Å². The molecule has 0 radical (unpaired) electrons. The highest BCUT2D eigenvalue weighted by molar-refractivity contribution is 5.79. The van der Waals surface area contributed by atoms with Crippen LogP contribution in [0.25, 0.3) is 0 Å². The van der Waals surface area contributed by atoms with Crippen LogP contribution in [0.5, 0.6) is 0 Å². The van der Waals surface area contributed by atoms with E-state index in [4.69, 9.17) is 0 Å². The Kier molecular flexibility index (Phi) is 9.02. The van der Waals surface area contributed by atoms with Crippen molar-refractivity contribution in [3.8, 4) is 0 Å². The van der Waals surface area contributed by atoms with Crippen molar-refractivity contribution in [2.24, 2.45) is 4.99 Å². The summed E-state index contributed by atoms with van der Waals surface area (Å²) in [5, 5.41) is 6.94. The minimum atomic E-state index is 0.737. The molecule has 0 atom stereocenters. The van der Waals surface area contributed by atoms with Crippen LogP contribution in [0.3, 0.4) is 0 Å². The van der Waals surface area contributed by atoms with E-state index in [0.717, 1.165) is 57.5 Å². The van der Waals surface area contributed by atoms with Crippen LogP contribution < -0.4 is 15.5 Å². The van der Waals surface area contributed by atoms with Gasteiger partial charge in [-0.25, -0.2) is 4.98 Å². The average Bonchev–Trinajstić information content (AvgIpc) is 3.03. The van der Waals surface area contributed by atoms with Gasteiger partial charge in [-0.15, -0.1) is 0 Å². The van der Waals surface area contributed by atoms with Crippen LogP contribution in [-0.4, -0.2) is 87.2 Å². The molecule has 0 aliphatic carbocycles. The summed E-state index contributed by atoms with van der Waals surface area (Å²) in [5.74, 6) is 1.97. The van der Waals surface area contributed by atoms with Gasteiger partial charge in [-0.05, 0) is 52.0 Å². The molecular formula is C22H39N7. The van der Waals surface area contributed by atoms with Crippen molar-refractivity contribution in [1.29, 1.82) is 0 Å². The number of nitrogens with one attached hydrogen (secondary N) is 2. The van der Waals surface area contributed by atoms with Gasteiger partial charge in [-0.1, -0.05) is 18.9 Å². The van der Waals surface area contributed by atoms with E-state index in [1.165, 1.54) is 50.9 Å². The summed E-state index contributed by atoms with van der Waals surface area (Å²) in [6.45, 7) is 9.64. The second-order valence-corrected chi connectivity index (χ2v) is 8.24. The van der Waals surface area contributed by atoms with E-state index in [-0.39, 0.29) is 0 Å². The normalized spacial score (nSPS) is 19.8. The van der Waals surface area contributed by atoms with E-state index in [1.807, 2.05) is 19.3 Å². The summed E-state index contributed by atoms with van der Waals surface area (Å²) in [6.07, 6.45) is 8.56. The van der Waals surface area contributed by atoms with Crippen molar-refractivity contribution < 1.29 is 0 Å². The molecule has 7 heteroatoms. The zero-order valence-electron chi connectivity index (χ0n) is 18.4. The minimum absolute atomic E-state index is 0.737. The lowest BCUT2D eigenvalue weighted by atomic mass is 10.2. The lowest BCUT2D eigenvalue weighted by Crippen LogP contribution is -2.45. The number of piperazine rings is 1. The van der Waals surface area contributed by atoms with Gasteiger partial charge in [0, 0.05) is 58.1 Å². The fraction of sp³-hybridized carbons (Fsp3) is 0.727. The van der Waals surface area contributed by atoms with E-state index in [9.17, 15) is 0 Å². The molecule has 2 aliphatic heterocycles. The van der Waals surface area contributed by atoms with Crippen LogP contribution in [0.1, 0.15) is 37.7 Å². The molecule has 1 aromatic rings. The van der Waals surface area contributed by atoms with Crippen molar-refractivity contribution >= 4 is 11.8 Å². The first kappa shape index (κ1) is 21.8. The number of pyridine rings is 1. The van der Waals surface area contributed by atoms with Gasteiger partial charge >= 0.3 is 0 Å². The smallest absolute Gasteiger partial charge is 0.191 e. The first-order valence-electron chi connectivity index (χ1n) is 11.3. The molecular weight excluding hydrogens is 362 g/mol. The number of anilines is 1. The van der Waals surface area contributed by atoms with Gasteiger partial charge in [0.2, 0.25) is 0 Å². The number of nitrogens with zero attached hydrogens (tertiary/aromatic N) is 5. The maximum Gasteiger partial charge on any atom is 0.191 e. The summed E-state index contributed by atoms with van der Waals surface area (Å²) < 4.78 is 0. The third kappa shape index (κ3) is 7.16. The van der Waals surface area contributed by atoms with Crippen molar-refractivity contribution in [2.75, 3.05) is 71.4 Å². The van der Waals surface area contributed by atoms with E-state index in [0.29, 0.717) is 0 Å². The van der Waals surface area contributed by atoms with E-state index >= 15 is 0 Å². The lowest BCUT2D eigenvalue weighted by Gasteiger charge is -2.34. The monoisotopic (exact) mass is 401 g/mol. The fourth-order valence-electron chi connectivity index (χ4n) is 4.14. The van der Waals surface area contributed by atoms with Crippen molar-refractivity contribution in [2.45, 2.75) is 38.6 Å². The predicted molar refractivity (Wildman–Crippen MR) is 122 cm³/mol. The van der Waals surface area contributed by atoms with Gasteiger partial charge in [-0.3, -0.25) is 4.99 Å². The second-order valence-electron chi connectivity index (χ2n) is 8.24. The highest BCUT2D eigenvalue weighted by atomic mass is 15.3. The third-order valence-electron chi connectivity index (χ3n) is 5.98. The van der Waals surface area contributed by atoms with Gasteiger partial charge in [-0.2, -0.15) is 0 Å². The number of guanidine groups is 1. The maximum atomic E-state index is 4.67. The molecule has 2 fully saturated rings. The van der Waals surface area contributed by atoms with E-state index in [2.05, 4.69) is 48.4 Å². The first-order chi connectivity index (χ1) is 14.3. The molecule has 2 saturated heterocycles. The predicted octanol–water partition coefficient (Wildman–Crippen LogP) is 1.76. The molecule has 3 rings (SSSR count). The molecule has 2 aliphatic rings. The summed E-state index contributed by atoms with van der Waals surface area (Å²) in [4.78, 5) is 16.4. The van der Waals surface area contributed by atoms with Crippen molar-refractivity contribution in [3.63, 3.8) is 0 Å². The van der Waals surface area contributed by atoms with E-state index < -0.39 is 0 Å².